The van der Waals surface area contributed by atoms with Crippen LogP contribution in [0.2, 0.25) is 0 Å². The molecule has 6 nitrogen and oxygen atoms in total. The number of nitrogens with zero attached hydrogens (tertiary/aromatic N) is 2. The van der Waals surface area contributed by atoms with Crippen molar-refractivity contribution in [2.75, 3.05) is 31.6 Å². The van der Waals surface area contributed by atoms with Crippen molar-refractivity contribution >= 4 is 11.9 Å². The number of aryl methyl sites for hydroxylation is 2. The van der Waals surface area contributed by atoms with Crippen LogP contribution in [0.25, 0.3) is 0 Å². The molecule has 0 spiro atoms. The Kier molecular flexibility index (Phi) is 9.95. The third-order valence-corrected chi connectivity index (χ3v) is 3.28. The van der Waals surface area contributed by atoms with Gasteiger partial charge in [0.1, 0.15) is 0 Å². The summed E-state index contributed by atoms with van der Waals surface area (Å²) in [6.07, 6.45) is 4.38. The summed E-state index contributed by atoms with van der Waals surface area (Å²) in [5, 5.41) is 6.07. The number of hydrogen-bond donors (Lipinski definition) is 2. The molecule has 1 aromatic heterocycles. The summed E-state index contributed by atoms with van der Waals surface area (Å²) in [4.78, 5) is 20.3. The zero-order chi connectivity index (χ0) is 16.9. The Balaban J connectivity index is 2.01. The van der Waals surface area contributed by atoms with Gasteiger partial charge in [-0.05, 0) is 39.2 Å². The number of anilines is 1. The van der Waals surface area contributed by atoms with Crippen LogP contribution in [-0.4, -0.2) is 42.2 Å². The molecule has 0 fully saturated rings. The van der Waals surface area contributed by atoms with Crippen molar-refractivity contribution < 1.29 is 9.53 Å². The predicted molar refractivity (Wildman–Crippen MR) is 92.6 cm³/mol. The maximum Gasteiger partial charge on any atom is 0.223 e. The molecule has 1 rings (SSSR count). The molecule has 2 N–H and O–H groups in total. The summed E-state index contributed by atoms with van der Waals surface area (Å²) in [6, 6.07) is 1.94. The molecule has 0 aliphatic carbocycles. The number of unbranched alkanes of at least 4 members (excludes halogenated alkanes) is 1. The lowest BCUT2D eigenvalue weighted by Gasteiger charge is -2.07. The lowest BCUT2D eigenvalue weighted by Crippen LogP contribution is -2.25. The van der Waals surface area contributed by atoms with E-state index in [4.69, 9.17) is 4.74 Å². The largest absolute Gasteiger partial charge is 0.381 e. The molecule has 0 bridgehead atoms. The molecule has 0 aliphatic rings. The molecule has 1 aromatic rings. The van der Waals surface area contributed by atoms with Crippen LogP contribution in [0.3, 0.4) is 0 Å². The van der Waals surface area contributed by atoms with Crippen molar-refractivity contribution in [3.63, 3.8) is 0 Å². The highest BCUT2D eigenvalue weighted by atomic mass is 16.5. The fourth-order valence-corrected chi connectivity index (χ4v) is 2.09. The van der Waals surface area contributed by atoms with Crippen molar-refractivity contribution in [1.29, 1.82) is 0 Å². The van der Waals surface area contributed by atoms with E-state index in [2.05, 4.69) is 27.5 Å². The fraction of sp³-hybridized carbons (Fsp3) is 0.706. The molecular weight excluding hydrogens is 292 g/mol. The Morgan fingerprint density at radius 2 is 1.78 bits per heavy atom. The van der Waals surface area contributed by atoms with Gasteiger partial charge in [-0.3, -0.25) is 4.79 Å². The fourth-order valence-electron chi connectivity index (χ4n) is 2.09. The zero-order valence-corrected chi connectivity index (χ0v) is 14.7. The first-order valence-electron chi connectivity index (χ1n) is 8.52. The van der Waals surface area contributed by atoms with Crippen LogP contribution < -0.4 is 10.6 Å². The minimum Gasteiger partial charge on any atom is -0.381 e. The van der Waals surface area contributed by atoms with Crippen LogP contribution in [0, 0.1) is 13.8 Å². The molecule has 6 heteroatoms. The first-order chi connectivity index (χ1) is 11.1. The van der Waals surface area contributed by atoms with Crippen molar-refractivity contribution in [2.45, 2.75) is 52.9 Å². The Morgan fingerprint density at radius 1 is 1.09 bits per heavy atom. The van der Waals surface area contributed by atoms with E-state index in [-0.39, 0.29) is 5.91 Å². The second kappa shape index (κ2) is 11.8. The van der Waals surface area contributed by atoms with Gasteiger partial charge in [-0.1, -0.05) is 13.3 Å². The molecule has 23 heavy (non-hydrogen) atoms. The van der Waals surface area contributed by atoms with Gasteiger partial charge in [0, 0.05) is 44.1 Å². The average molecular weight is 322 g/mol. The van der Waals surface area contributed by atoms with E-state index in [0.717, 1.165) is 43.7 Å². The van der Waals surface area contributed by atoms with Gasteiger partial charge in [0.15, 0.2) is 0 Å². The number of nitrogens with one attached hydrogen (secondary N) is 2. The molecule has 1 heterocycles. The van der Waals surface area contributed by atoms with E-state index in [1.807, 2.05) is 19.9 Å². The second-order valence-corrected chi connectivity index (χ2v) is 5.67. The van der Waals surface area contributed by atoms with Crippen molar-refractivity contribution in [2.24, 2.45) is 0 Å². The molecule has 0 saturated heterocycles. The van der Waals surface area contributed by atoms with Gasteiger partial charge in [0.05, 0.1) is 0 Å². The lowest BCUT2D eigenvalue weighted by molar-refractivity contribution is -0.121. The van der Waals surface area contributed by atoms with Crippen molar-refractivity contribution in [3.05, 3.63) is 17.5 Å². The molecular formula is C17H30N4O2. The highest BCUT2D eigenvalue weighted by molar-refractivity contribution is 5.75. The van der Waals surface area contributed by atoms with Crippen LogP contribution in [0.1, 0.15) is 50.4 Å². The summed E-state index contributed by atoms with van der Waals surface area (Å²) in [5.74, 6) is 0.717. The number of carbonyl (C=O) groups is 1. The first kappa shape index (κ1) is 19.4. The standard InChI is InChI=1S/C17H30N4O2/c1-4-5-11-23-12-7-10-18-16(22)8-6-9-19-17-20-14(2)13-15(3)21-17/h13H,4-12H2,1-3H3,(H,18,22)(H,19,20,21). The molecule has 130 valence electrons. The van der Waals surface area contributed by atoms with Crippen molar-refractivity contribution in [3.8, 4) is 0 Å². The third-order valence-electron chi connectivity index (χ3n) is 3.28. The van der Waals surface area contributed by atoms with Gasteiger partial charge in [-0.2, -0.15) is 0 Å². The Bertz CT molecular complexity index is 446. The molecule has 0 atom stereocenters. The smallest absolute Gasteiger partial charge is 0.223 e. The molecule has 0 radical (unpaired) electrons. The van der Waals surface area contributed by atoms with Crippen LogP contribution in [0.4, 0.5) is 5.95 Å². The van der Waals surface area contributed by atoms with E-state index in [1.165, 1.54) is 0 Å². The summed E-state index contributed by atoms with van der Waals surface area (Å²) in [5.41, 5.74) is 1.89. The summed E-state index contributed by atoms with van der Waals surface area (Å²) >= 11 is 0. The van der Waals surface area contributed by atoms with Crippen LogP contribution in [0.5, 0.6) is 0 Å². The molecule has 0 aromatic carbocycles. The predicted octanol–water partition coefficient (Wildman–Crippen LogP) is 2.61. The Hall–Kier alpha value is -1.69. The normalized spacial score (nSPS) is 10.6. The lowest BCUT2D eigenvalue weighted by atomic mass is 10.3. The second-order valence-electron chi connectivity index (χ2n) is 5.67. The van der Waals surface area contributed by atoms with Crippen LogP contribution in [-0.2, 0) is 9.53 Å². The third kappa shape index (κ3) is 9.84. The van der Waals surface area contributed by atoms with E-state index in [0.29, 0.717) is 32.1 Å². The minimum absolute atomic E-state index is 0.0849. The highest BCUT2D eigenvalue weighted by Crippen LogP contribution is 2.03. The topological polar surface area (TPSA) is 76.1 Å². The van der Waals surface area contributed by atoms with Crippen molar-refractivity contribution in [1.82, 2.24) is 15.3 Å². The maximum absolute atomic E-state index is 11.7. The quantitative estimate of drug-likeness (QED) is 0.579. The number of rotatable bonds is 12. The molecule has 1 amide bonds. The SMILES string of the molecule is CCCCOCCCNC(=O)CCCNc1nc(C)cc(C)n1. The summed E-state index contributed by atoms with van der Waals surface area (Å²) in [7, 11) is 0. The van der Waals surface area contributed by atoms with Gasteiger partial charge >= 0.3 is 0 Å². The monoisotopic (exact) mass is 322 g/mol. The number of aromatic nitrogens is 2. The molecule has 0 aliphatic heterocycles. The van der Waals surface area contributed by atoms with Gasteiger partial charge in [-0.15, -0.1) is 0 Å². The number of carbonyl (C=O) groups excluding carboxylic acids is 1. The van der Waals surface area contributed by atoms with E-state index in [1.54, 1.807) is 0 Å². The van der Waals surface area contributed by atoms with Crippen LogP contribution in [0.15, 0.2) is 6.07 Å². The number of ether oxygens (including phenoxy) is 1. The first-order valence-corrected chi connectivity index (χ1v) is 8.52. The van der Waals surface area contributed by atoms with Gasteiger partial charge in [0.2, 0.25) is 11.9 Å². The zero-order valence-electron chi connectivity index (χ0n) is 14.7. The van der Waals surface area contributed by atoms with Gasteiger partial charge in [-0.25, -0.2) is 9.97 Å². The van der Waals surface area contributed by atoms with E-state index >= 15 is 0 Å². The molecule has 0 saturated carbocycles. The average Bonchev–Trinajstić information content (AvgIpc) is 2.50. The van der Waals surface area contributed by atoms with Gasteiger partial charge in [0.25, 0.3) is 0 Å². The minimum atomic E-state index is 0.0849. The number of amides is 1. The summed E-state index contributed by atoms with van der Waals surface area (Å²) in [6.45, 7) is 8.93. The number of hydrogen-bond acceptors (Lipinski definition) is 5. The molecule has 0 unspecified atom stereocenters. The van der Waals surface area contributed by atoms with Gasteiger partial charge < -0.3 is 15.4 Å². The van der Waals surface area contributed by atoms with E-state index < -0.39 is 0 Å². The highest BCUT2D eigenvalue weighted by Gasteiger charge is 2.02. The summed E-state index contributed by atoms with van der Waals surface area (Å²) < 4.78 is 5.45. The van der Waals surface area contributed by atoms with E-state index in [9.17, 15) is 4.79 Å². The van der Waals surface area contributed by atoms with Crippen LogP contribution >= 0.6 is 0 Å². The maximum atomic E-state index is 11.7. The Labute approximate surface area is 139 Å². The Morgan fingerprint density at radius 3 is 2.48 bits per heavy atom.